The van der Waals surface area contributed by atoms with Crippen LogP contribution in [0.2, 0.25) is 5.15 Å². The Hall–Kier alpha value is -2.44. The molecule has 1 fully saturated rings. The number of carbonyl (C=O) groups excluding carboxylic acids is 2. The van der Waals surface area contributed by atoms with Crippen molar-refractivity contribution >= 4 is 29.1 Å². The molecule has 0 bridgehead atoms. The number of nitrogens with zero attached hydrogens (tertiary/aromatic N) is 2. The van der Waals surface area contributed by atoms with Crippen LogP contribution in [0.5, 0.6) is 0 Å². The standard InChI is InChI=1S/C17H16ClN3O3/c18-15-11-12(5-6-19-15)16(22)20-14-4-2-1-3-13(14)17(23)21-7-9-24-10-8-21/h1-6,11H,7-10H2,(H,20,22). The number of nitrogens with one attached hydrogen (secondary N) is 1. The molecule has 1 aliphatic heterocycles. The van der Waals surface area contributed by atoms with E-state index in [9.17, 15) is 9.59 Å². The number of anilines is 1. The minimum atomic E-state index is -0.346. The van der Waals surface area contributed by atoms with E-state index < -0.39 is 0 Å². The zero-order chi connectivity index (χ0) is 16.9. The average Bonchev–Trinajstić information content (AvgIpc) is 2.62. The summed E-state index contributed by atoms with van der Waals surface area (Å²) in [5.74, 6) is -0.469. The molecule has 7 heteroatoms. The van der Waals surface area contributed by atoms with Crippen molar-refractivity contribution in [2.75, 3.05) is 31.6 Å². The molecule has 0 unspecified atom stereocenters. The SMILES string of the molecule is O=C(Nc1ccccc1C(=O)N1CCOCC1)c1ccnc(Cl)c1. The first-order valence-electron chi connectivity index (χ1n) is 7.54. The van der Waals surface area contributed by atoms with E-state index in [-0.39, 0.29) is 17.0 Å². The lowest BCUT2D eigenvalue weighted by atomic mass is 10.1. The van der Waals surface area contributed by atoms with Gasteiger partial charge in [-0.2, -0.15) is 0 Å². The lowest BCUT2D eigenvalue weighted by molar-refractivity contribution is 0.0303. The summed E-state index contributed by atoms with van der Waals surface area (Å²) in [6.07, 6.45) is 1.46. The van der Waals surface area contributed by atoms with Crippen LogP contribution in [0.25, 0.3) is 0 Å². The van der Waals surface area contributed by atoms with Crippen LogP contribution in [0.15, 0.2) is 42.6 Å². The fourth-order valence-corrected chi connectivity index (χ4v) is 2.63. The largest absolute Gasteiger partial charge is 0.378 e. The number of morpholine rings is 1. The van der Waals surface area contributed by atoms with E-state index in [4.69, 9.17) is 16.3 Å². The number of ether oxygens (including phenoxy) is 1. The summed E-state index contributed by atoms with van der Waals surface area (Å²) >= 11 is 5.81. The van der Waals surface area contributed by atoms with Crippen molar-refractivity contribution in [1.82, 2.24) is 9.88 Å². The van der Waals surface area contributed by atoms with Crippen LogP contribution in [0.4, 0.5) is 5.69 Å². The Morgan fingerprint density at radius 3 is 2.67 bits per heavy atom. The highest BCUT2D eigenvalue weighted by atomic mass is 35.5. The normalized spacial score (nSPS) is 14.3. The second-order valence-electron chi connectivity index (χ2n) is 5.27. The smallest absolute Gasteiger partial charge is 0.256 e. The van der Waals surface area contributed by atoms with Gasteiger partial charge < -0.3 is 15.0 Å². The fourth-order valence-electron chi connectivity index (χ4n) is 2.45. The molecule has 1 aromatic carbocycles. The van der Waals surface area contributed by atoms with Gasteiger partial charge in [-0.25, -0.2) is 4.98 Å². The Balaban J connectivity index is 1.81. The van der Waals surface area contributed by atoms with Gasteiger partial charge in [-0.05, 0) is 24.3 Å². The first kappa shape index (κ1) is 16.4. The van der Waals surface area contributed by atoms with Gasteiger partial charge in [0.1, 0.15) is 5.15 Å². The van der Waals surface area contributed by atoms with Gasteiger partial charge in [0.15, 0.2) is 0 Å². The molecule has 124 valence electrons. The predicted octanol–water partition coefficient (Wildman–Crippen LogP) is 2.46. The third kappa shape index (κ3) is 3.72. The number of rotatable bonds is 3. The number of hydrogen-bond donors (Lipinski definition) is 1. The Labute approximate surface area is 144 Å². The molecule has 2 heterocycles. The van der Waals surface area contributed by atoms with Crippen LogP contribution < -0.4 is 5.32 Å². The van der Waals surface area contributed by atoms with E-state index in [2.05, 4.69) is 10.3 Å². The Kier molecular flexibility index (Phi) is 5.08. The van der Waals surface area contributed by atoms with Crippen molar-refractivity contribution in [2.24, 2.45) is 0 Å². The van der Waals surface area contributed by atoms with Gasteiger partial charge in [0.25, 0.3) is 11.8 Å². The van der Waals surface area contributed by atoms with E-state index in [1.54, 1.807) is 35.2 Å². The molecule has 1 saturated heterocycles. The zero-order valence-corrected chi connectivity index (χ0v) is 13.6. The summed E-state index contributed by atoms with van der Waals surface area (Å²) in [5.41, 5.74) is 1.29. The van der Waals surface area contributed by atoms with Gasteiger partial charge in [-0.15, -0.1) is 0 Å². The van der Waals surface area contributed by atoms with Gasteiger partial charge in [0.05, 0.1) is 24.5 Å². The van der Waals surface area contributed by atoms with Crippen molar-refractivity contribution in [3.63, 3.8) is 0 Å². The maximum absolute atomic E-state index is 12.7. The molecule has 0 atom stereocenters. The summed E-state index contributed by atoms with van der Waals surface area (Å²) < 4.78 is 5.27. The van der Waals surface area contributed by atoms with Crippen molar-refractivity contribution in [2.45, 2.75) is 0 Å². The average molecular weight is 346 g/mol. The molecule has 2 amide bonds. The molecular weight excluding hydrogens is 330 g/mol. The molecule has 0 saturated carbocycles. The van der Waals surface area contributed by atoms with E-state index >= 15 is 0 Å². The number of benzene rings is 1. The number of para-hydroxylation sites is 1. The molecule has 1 aliphatic rings. The quantitative estimate of drug-likeness (QED) is 0.867. The molecule has 0 spiro atoms. The van der Waals surface area contributed by atoms with Crippen LogP contribution in [-0.4, -0.2) is 48.0 Å². The summed E-state index contributed by atoms with van der Waals surface area (Å²) in [7, 11) is 0. The minimum absolute atomic E-state index is 0.123. The molecule has 0 aliphatic carbocycles. The van der Waals surface area contributed by atoms with Crippen LogP contribution in [0, 0.1) is 0 Å². The van der Waals surface area contributed by atoms with E-state index in [1.165, 1.54) is 12.3 Å². The van der Waals surface area contributed by atoms with Gasteiger partial charge >= 0.3 is 0 Å². The highest BCUT2D eigenvalue weighted by Crippen LogP contribution is 2.19. The summed E-state index contributed by atoms with van der Waals surface area (Å²) in [6, 6.07) is 9.98. The lowest BCUT2D eigenvalue weighted by Gasteiger charge is -2.27. The van der Waals surface area contributed by atoms with E-state index in [1.807, 2.05) is 0 Å². The highest BCUT2D eigenvalue weighted by Gasteiger charge is 2.21. The van der Waals surface area contributed by atoms with Crippen LogP contribution in [0.1, 0.15) is 20.7 Å². The second-order valence-corrected chi connectivity index (χ2v) is 5.66. The van der Waals surface area contributed by atoms with E-state index in [0.29, 0.717) is 43.1 Å². The van der Waals surface area contributed by atoms with Gasteiger partial charge in [0, 0.05) is 24.8 Å². The number of carbonyl (C=O) groups is 2. The molecule has 2 aromatic rings. The summed E-state index contributed by atoms with van der Waals surface area (Å²) in [4.78, 5) is 30.6. The molecule has 1 aromatic heterocycles. The minimum Gasteiger partial charge on any atom is -0.378 e. The monoisotopic (exact) mass is 345 g/mol. The maximum Gasteiger partial charge on any atom is 0.256 e. The Morgan fingerprint density at radius 1 is 1.17 bits per heavy atom. The van der Waals surface area contributed by atoms with Crippen molar-refractivity contribution in [3.8, 4) is 0 Å². The molecule has 0 radical (unpaired) electrons. The van der Waals surface area contributed by atoms with Crippen LogP contribution in [0.3, 0.4) is 0 Å². The fraction of sp³-hybridized carbons (Fsp3) is 0.235. The molecule has 3 rings (SSSR count). The first-order chi connectivity index (χ1) is 11.6. The van der Waals surface area contributed by atoms with Gasteiger partial charge in [-0.3, -0.25) is 9.59 Å². The third-order valence-corrected chi connectivity index (χ3v) is 3.90. The highest BCUT2D eigenvalue weighted by molar-refractivity contribution is 6.29. The maximum atomic E-state index is 12.7. The van der Waals surface area contributed by atoms with E-state index in [0.717, 1.165) is 0 Å². The van der Waals surface area contributed by atoms with Gasteiger partial charge in [-0.1, -0.05) is 23.7 Å². The van der Waals surface area contributed by atoms with Crippen LogP contribution >= 0.6 is 11.6 Å². The van der Waals surface area contributed by atoms with Crippen molar-refractivity contribution in [3.05, 3.63) is 58.9 Å². The molecular formula is C17H16ClN3O3. The summed E-state index contributed by atoms with van der Waals surface area (Å²) in [5, 5.41) is 3.01. The number of aromatic nitrogens is 1. The Bertz CT molecular complexity index is 760. The summed E-state index contributed by atoms with van der Waals surface area (Å²) in [6.45, 7) is 2.13. The predicted molar refractivity (Wildman–Crippen MR) is 90.4 cm³/mol. The zero-order valence-electron chi connectivity index (χ0n) is 12.9. The molecule has 6 nitrogen and oxygen atoms in total. The van der Waals surface area contributed by atoms with Crippen molar-refractivity contribution < 1.29 is 14.3 Å². The number of amides is 2. The second kappa shape index (κ2) is 7.42. The molecule has 1 N–H and O–H groups in total. The third-order valence-electron chi connectivity index (χ3n) is 3.69. The first-order valence-corrected chi connectivity index (χ1v) is 7.92. The molecule has 24 heavy (non-hydrogen) atoms. The number of halogens is 1. The lowest BCUT2D eigenvalue weighted by Crippen LogP contribution is -2.41. The Morgan fingerprint density at radius 2 is 1.92 bits per heavy atom. The number of hydrogen-bond acceptors (Lipinski definition) is 4. The van der Waals surface area contributed by atoms with Gasteiger partial charge in [0.2, 0.25) is 0 Å². The van der Waals surface area contributed by atoms with Crippen LogP contribution in [-0.2, 0) is 4.74 Å². The number of pyridine rings is 1. The van der Waals surface area contributed by atoms with Crippen molar-refractivity contribution in [1.29, 1.82) is 0 Å². The topological polar surface area (TPSA) is 71.5 Å².